The van der Waals surface area contributed by atoms with E-state index < -0.39 is 0 Å². The van der Waals surface area contributed by atoms with Crippen molar-refractivity contribution in [2.24, 2.45) is 0 Å². The summed E-state index contributed by atoms with van der Waals surface area (Å²) >= 11 is 0. The topological polar surface area (TPSA) is 29.5 Å². The summed E-state index contributed by atoms with van der Waals surface area (Å²) in [6, 6.07) is 7.65. The van der Waals surface area contributed by atoms with Gasteiger partial charge >= 0.3 is 0 Å². The van der Waals surface area contributed by atoms with Gasteiger partial charge in [0.15, 0.2) is 0 Å². The highest BCUT2D eigenvalue weighted by Crippen LogP contribution is 2.13. The average molecular weight is 231 g/mol. The van der Waals surface area contributed by atoms with E-state index in [4.69, 9.17) is 4.74 Å². The molecule has 1 aromatic carbocycles. The lowest BCUT2D eigenvalue weighted by molar-refractivity contribution is -0.124. The minimum Gasteiger partial charge on any atom is -0.497 e. The van der Waals surface area contributed by atoms with Gasteiger partial charge in [0.05, 0.1) is 7.11 Å². The monoisotopic (exact) mass is 231 g/mol. The molecular formula is C14H17NO2. The Labute approximate surface area is 102 Å². The molecule has 0 bridgehead atoms. The first kappa shape index (κ1) is 11.7. The van der Waals surface area contributed by atoms with E-state index in [0.717, 1.165) is 37.2 Å². The lowest BCUT2D eigenvalue weighted by Crippen LogP contribution is -2.25. The first-order valence-corrected chi connectivity index (χ1v) is 5.90. The van der Waals surface area contributed by atoms with Crippen molar-refractivity contribution in [1.82, 2.24) is 4.90 Å². The third-order valence-electron chi connectivity index (χ3n) is 2.95. The van der Waals surface area contributed by atoms with Crippen molar-refractivity contribution in [3.05, 3.63) is 35.9 Å². The maximum absolute atomic E-state index is 11.8. The second kappa shape index (κ2) is 5.53. The molecule has 1 aromatic rings. The molecule has 1 heterocycles. The highest BCUT2D eigenvalue weighted by Gasteiger charge is 2.14. The smallest absolute Gasteiger partial charge is 0.246 e. The molecule has 0 aliphatic carbocycles. The number of nitrogens with zero attached hydrogens (tertiary/aromatic N) is 1. The fourth-order valence-electron chi connectivity index (χ4n) is 1.93. The quantitative estimate of drug-likeness (QED) is 0.747. The molecular weight excluding hydrogens is 214 g/mol. The van der Waals surface area contributed by atoms with Crippen molar-refractivity contribution < 1.29 is 9.53 Å². The average Bonchev–Trinajstić information content (AvgIpc) is 2.90. The highest BCUT2D eigenvalue weighted by molar-refractivity contribution is 5.91. The van der Waals surface area contributed by atoms with E-state index in [1.54, 1.807) is 13.2 Å². The fraction of sp³-hybridized carbons (Fsp3) is 0.357. The largest absolute Gasteiger partial charge is 0.497 e. The minimum absolute atomic E-state index is 0.110. The third kappa shape index (κ3) is 3.09. The predicted octanol–water partition coefficient (Wildman–Crippen LogP) is 2.33. The number of rotatable bonds is 3. The van der Waals surface area contributed by atoms with Gasteiger partial charge in [-0.3, -0.25) is 4.79 Å². The predicted molar refractivity (Wildman–Crippen MR) is 67.8 cm³/mol. The molecule has 90 valence electrons. The van der Waals surface area contributed by atoms with Gasteiger partial charge in [0.25, 0.3) is 0 Å². The summed E-state index contributed by atoms with van der Waals surface area (Å²) in [4.78, 5) is 13.6. The number of hydrogen-bond acceptors (Lipinski definition) is 2. The van der Waals surface area contributed by atoms with Crippen LogP contribution in [0.5, 0.6) is 5.75 Å². The van der Waals surface area contributed by atoms with E-state index >= 15 is 0 Å². The molecule has 1 aliphatic heterocycles. The second-order valence-corrected chi connectivity index (χ2v) is 4.14. The summed E-state index contributed by atoms with van der Waals surface area (Å²) in [6.07, 6.45) is 5.75. The Morgan fingerprint density at radius 1 is 1.24 bits per heavy atom. The molecule has 0 unspecified atom stereocenters. The molecule has 0 N–H and O–H groups in total. The number of carbonyl (C=O) groups is 1. The molecule has 0 radical (unpaired) electrons. The van der Waals surface area contributed by atoms with Crippen molar-refractivity contribution in [2.45, 2.75) is 12.8 Å². The summed E-state index contributed by atoms with van der Waals surface area (Å²) in [5, 5.41) is 0. The Morgan fingerprint density at radius 2 is 1.88 bits per heavy atom. The summed E-state index contributed by atoms with van der Waals surface area (Å²) in [5.41, 5.74) is 1.01. The molecule has 0 spiro atoms. The van der Waals surface area contributed by atoms with E-state index in [1.807, 2.05) is 35.2 Å². The zero-order valence-corrected chi connectivity index (χ0v) is 10.1. The van der Waals surface area contributed by atoms with Gasteiger partial charge < -0.3 is 9.64 Å². The Balaban J connectivity index is 1.96. The van der Waals surface area contributed by atoms with Crippen molar-refractivity contribution in [3.8, 4) is 5.75 Å². The van der Waals surface area contributed by atoms with Gasteiger partial charge in [0, 0.05) is 19.2 Å². The summed E-state index contributed by atoms with van der Waals surface area (Å²) in [6.45, 7) is 1.79. The van der Waals surface area contributed by atoms with Crippen LogP contribution in [0.25, 0.3) is 6.08 Å². The van der Waals surface area contributed by atoms with Gasteiger partial charge in [-0.25, -0.2) is 0 Å². The molecule has 1 amide bonds. The number of amides is 1. The van der Waals surface area contributed by atoms with Crippen molar-refractivity contribution in [3.63, 3.8) is 0 Å². The first-order chi connectivity index (χ1) is 8.29. The van der Waals surface area contributed by atoms with Crippen LogP contribution in [-0.4, -0.2) is 31.0 Å². The molecule has 0 saturated carbocycles. The standard InChI is InChI=1S/C14H17NO2/c1-17-13-7-4-12(5-8-13)6-9-14(16)15-10-2-3-11-15/h4-9H,2-3,10-11H2,1H3/b9-6+. The minimum atomic E-state index is 0.110. The van der Waals surface area contributed by atoms with Crippen LogP contribution in [0, 0.1) is 0 Å². The molecule has 0 atom stereocenters. The van der Waals surface area contributed by atoms with Gasteiger partial charge in [-0.05, 0) is 36.6 Å². The molecule has 1 aliphatic rings. The van der Waals surface area contributed by atoms with Crippen LogP contribution >= 0.6 is 0 Å². The maximum atomic E-state index is 11.8. The molecule has 2 rings (SSSR count). The van der Waals surface area contributed by atoms with E-state index in [2.05, 4.69) is 0 Å². The van der Waals surface area contributed by atoms with E-state index in [9.17, 15) is 4.79 Å². The summed E-state index contributed by atoms with van der Waals surface area (Å²) in [7, 11) is 1.64. The van der Waals surface area contributed by atoms with E-state index in [0.29, 0.717) is 0 Å². The highest BCUT2D eigenvalue weighted by atomic mass is 16.5. The molecule has 3 heteroatoms. The SMILES string of the molecule is COc1ccc(/C=C/C(=O)N2CCCC2)cc1. The van der Waals surface area contributed by atoms with Crippen LogP contribution in [0.15, 0.2) is 30.3 Å². The van der Waals surface area contributed by atoms with Crippen molar-refractivity contribution >= 4 is 12.0 Å². The summed E-state index contributed by atoms with van der Waals surface area (Å²) < 4.78 is 5.08. The van der Waals surface area contributed by atoms with Crippen LogP contribution in [0.1, 0.15) is 18.4 Å². The van der Waals surface area contributed by atoms with Crippen LogP contribution in [-0.2, 0) is 4.79 Å². The Hall–Kier alpha value is -1.77. The van der Waals surface area contributed by atoms with Gasteiger partial charge in [-0.15, -0.1) is 0 Å². The number of hydrogen-bond donors (Lipinski definition) is 0. The number of carbonyl (C=O) groups excluding carboxylic acids is 1. The number of likely N-dealkylation sites (tertiary alicyclic amines) is 1. The zero-order chi connectivity index (χ0) is 12.1. The Bertz CT molecular complexity index is 403. The second-order valence-electron chi connectivity index (χ2n) is 4.14. The number of methoxy groups -OCH3 is 1. The summed E-state index contributed by atoms with van der Waals surface area (Å²) in [5.74, 6) is 0.936. The molecule has 0 aromatic heterocycles. The van der Waals surface area contributed by atoms with Crippen LogP contribution in [0.4, 0.5) is 0 Å². The fourth-order valence-corrected chi connectivity index (χ4v) is 1.93. The lowest BCUT2D eigenvalue weighted by Gasteiger charge is -2.11. The molecule has 1 saturated heterocycles. The molecule has 17 heavy (non-hydrogen) atoms. The number of benzene rings is 1. The van der Waals surface area contributed by atoms with Crippen molar-refractivity contribution in [2.75, 3.05) is 20.2 Å². The van der Waals surface area contributed by atoms with Gasteiger partial charge in [0.1, 0.15) is 5.75 Å². The van der Waals surface area contributed by atoms with Crippen molar-refractivity contribution in [1.29, 1.82) is 0 Å². The van der Waals surface area contributed by atoms with E-state index in [-0.39, 0.29) is 5.91 Å². The van der Waals surface area contributed by atoms with Crippen LogP contribution in [0.3, 0.4) is 0 Å². The lowest BCUT2D eigenvalue weighted by atomic mass is 10.2. The molecule has 1 fully saturated rings. The first-order valence-electron chi connectivity index (χ1n) is 5.90. The van der Waals surface area contributed by atoms with Gasteiger partial charge in [-0.2, -0.15) is 0 Å². The number of ether oxygens (including phenoxy) is 1. The Kier molecular flexibility index (Phi) is 3.81. The third-order valence-corrected chi connectivity index (χ3v) is 2.95. The van der Waals surface area contributed by atoms with Crippen LogP contribution < -0.4 is 4.74 Å². The maximum Gasteiger partial charge on any atom is 0.246 e. The molecule has 3 nitrogen and oxygen atoms in total. The van der Waals surface area contributed by atoms with Gasteiger partial charge in [0.2, 0.25) is 5.91 Å². The normalized spacial score (nSPS) is 15.5. The Morgan fingerprint density at radius 3 is 2.47 bits per heavy atom. The van der Waals surface area contributed by atoms with Crippen LogP contribution in [0.2, 0.25) is 0 Å². The zero-order valence-electron chi connectivity index (χ0n) is 10.1. The van der Waals surface area contributed by atoms with E-state index in [1.165, 1.54) is 0 Å². The van der Waals surface area contributed by atoms with Gasteiger partial charge in [-0.1, -0.05) is 12.1 Å².